The van der Waals surface area contributed by atoms with E-state index in [1.54, 1.807) is 22.7 Å². The maximum atomic E-state index is 11.0. The van der Waals surface area contributed by atoms with Gasteiger partial charge in [-0.25, -0.2) is 0 Å². The van der Waals surface area contributed by atoms with Crippen LogP contribution in [0.3, 0.4) is 0 Å². The second-order valence-electron chi connectivity index (χ2n) is 11.3. The summed E-state index contributed by atoms with van der Waals surface area (Å²) < 4.78 is 46.0. The first-order valence-corrected chi connectivity index (χ1v) is 22.6. The maximum Gasteiger partial charge on any atom is 0.315 e. The van der Waals surface area contributed by atoms with E-state index in [0.717, 1.165) is 0 Å². The van der Waals surface area contributed by atoms with Crippen molar-refractivity contribution < 1.29 is 47.5 Å². The molecule has 0 rings (SSSR count). The first-order chi connectivity index (χ1) is 22.4. The number of hydrogen-bond acceptors (Lipinski definition) is 12. The molecule has 0 aliphatic carbocycles. The number of hydrogen-bond donors (Lipinski definition) is 2. The molecule has 0 aliphatic rings. The van der Waals surface area contributed by atoms with Crippen LogP contribution < -0.4 is 0 Å². The van der Waals surface area contributed by atoms with Crippen LogP contribution in [-0.4, -0.2) is 134 Å². The predicted octanol–water partition coefficient (Wildman–Crippen LogP) is 6.52. The van der Waals surface area contributed by atoms with Crippen LogP contribution in [0.2, 0.25) is 8.87 Å². The third-order valence-electron chi connectivity index (χ3n) is 5.91. The maximum absolute atomic E-state index is 11.0. The molecule has 0 aromatic rings. The summed E-state index contributed by atoms with van der Waals surface area (Å²) >= 11 is 7.82. The van der Waals surface area contributed by atoms with Crippen LogP contribution in [0.15, 0.2) is 0 Å². The van der Waals surface area contributed by atoms with E-state index >= 15 is 0 Å². The van der Waals surface area contributed by atoms with Crippen molar-refractivity contribution in [2.24, 2.45) is 0 Å². The van der Waals surface area contributed by atoms with E-state index in [1.807, 2.05) is 41.5 Å². The van der Waals surface area contributed by atoms with Gasteiger partial charge in [0, 0.05) is 13.2 Å². The molecule has 6 unspecified atom stereocenters. The van der Waals surface area contributed by atoms with Crippen molar-refractivity contribution in [2.75, 3.05) is 64.4 Å². The number of ether oxygens (including phenoxy) is 8. The second kappa shape index (κ2) is 39.0. The van der Waals surface area contributed by atoms with Crippen molar-refractivity contribution in [1.29, 1.82) is 0 Å². The fourth-order valence-corrected chi connectivity index (χ4v) is 7.59. The van der Waals surface area contributed by atoms with Gasteiger partial charge in [0.05, 0.1) is 75.6 Å². The molecule has 0 fully saturated rings. The summed E-state index contributed by atoms with van der Waals surface area (Å²) in [6.07, 6.45) is 5.27. The van der Waals surface area contributed by atoms with Crippen molar-refractivity contribution in [1.82, 2.24) is 0 Å². The second-order valence-corrected chi connectivity index (χ2v) is 16.2. The zero-order valence-electron chi connectivity index (χ0n) is 31.3. The van der Waals surface area contributed by atoms with E-state index in [0.29, 0.717) is 52.9 Å². The summed E-state index contributed by atoms with van der Waals surface area (Å²) in [6.45, 7) is 24.0. The van der Waals surface area contributed by atoms with E-state index in [9.17, 15) is 9.59 Å². The first-order valence-electron chi connectivity index (χ1n) is 17.3. The van der Waals surface area contributed by atoms with E-state index in [1.165, 1.54) is 25.7 Å². The Labute approximate surface area is 309 Å². The summed E-state index contributed by atoms with van der Waals surface area (Å²) in [5, 5.41) is 0. The largest absolute Gasteiger partial charge is 0.460 e. The topological polar surface area (TPSA) is 108 Å². The first kappa shape index (κ1) is 51.6. The van der Waals surface area contributed by atoms with Crippen molar-refractivity contribution in [3.63, 3.8) is 0 Å². The Morgan fingerprint density at radius 2 is 0.809 bits per heavy atom. The summed E-state index contributed by atoms with van der Waals surface area (Å²) in [4.78, 5) is 22.0. The zero-order valence-corrected chi connectivity index (χ0v) is 35.9. The molecule has 47 heavy (non-hydrogen) atoms. The number of rotatable bonds is 28. The van der Waals surface area contributed by atoms with Gasteiger partial charge in [-0.15, -0.1) is 0 Å². The van der Waals surface area contributed by atoms with Crippen LogP contribution in [-0.2, 0) is 47.5 Å². The molecule has 0 saturated heterocycles. The molecule has 0 aromatic heterocycles. The standard InChI is InChI=1S/2C13H26O5S.2C4H9.Sn/c2*1-5-15-6-10(2)16-7-11(3)17-8-12(4)18-13(14)9-19;2*1-3-4-2;/h2*10-12,19H,5-9H2,1-4H3;2*1,3-4H2,2H3;. The normalized spacial score (nSPS) is 14.7. The summed E-state index contributed by atoms with van der Waals surface area (Å²) in [5.74, 6) is -0.516. The quantitative estimate of drug-likeness (QED) is 0.0393. The van der Waals surface area contributed by atoms with Crippen molar-refractivity contribution >= 4 is 58.3 Å². The molecule has 0 aliphatic heterocycles. The average molecular weight is 822 g/mol. The van der Waals surface area contributed by atoms with E-state index in [4.69, 9.17) is 37.9 Å². The Morgan fingerprint density at radius 3 is 1.09 bits per heavy atom. The van der Waals surface area contributed by atoms with Gasteiger partial charge < -0.3 is 37.9 Å². The molecule has 0 spiro atoms. The van der Waals surface area contributed by atoms with Gasteiger partial charge in [0.15, 0.2) is 0 Å². The third kappa shape index (κ3) is 42.3. The van der Waals surface area contributed by atoms with Gasteiger partial charge in [-0.3, -0.25) is 9.59 Å². The number of carbonyl (C=O) groups is 2. The molecule has 2 radical (unpaired) electrons. The van der Waals surface area contributed by atoms with Crippen molar-refractivity contribution in [2.45, 2.75) is 140 Å². The van der Waals surface area contributed by atoms with Crippen LogP contribution in [0, 0.1) is 0 Å². The minimum atomic E-state index is -0.339. The number of carbonyl (C=O) groups excluding carboxylic acids is 2. The van der Waals surface area contributed by atoms with Gasteiger partial charge in [0.25, 0.3) is 0 Å². The molecular weight excluding hydrogens is 751 g/mol. The predicted molar refractivity (Wildman–Crippen MR) is 199 cm³/mol. The smallest absolute Gasteiger partial charge is 0.315 e. The molecule has 0 amide bonds. The Bertz CT molecular complexity index is 627. The summed E-state index contributed by atoms with van der Waals surface area (Å²) in [5.41, 5.74) is 0. The van der Waals surface area contributed by atoms with Crippen LogP contribution in [0.4, 0.5) is 0 Å². The number of thiol groups is 2. The Kier molecular flexibility index (Phi) is 42.8. The Morgan fingerprint density at radius 1 is 0.511 bits per heavy atom. The molecule has 0 heterocycles. The van der Waals surface area contributed by atoms with Gasteiger partial charge in [-0.2, -0.15) is 25.3 Å². The number of esters is 2. The molecule has 10 nitrogen and oxygen atoms in total. The van der Waals surface area contributed by atoms with Crippen molar-refractivity contribution in [3.05, 3.63) is 0 Å². The van der Waals surface area contributed by atoms with Crippen LogP contribution in [0.5, 0.6) is 0 Å². The average Bonchev–Trinajstić information content (AvgIpc) is 3.06. The Balaban J connectivity index is -0.000000658. The molecule has 0 aromatic carbocycles. The van der Waals surface area contributed by atoms with Gasteiger partial charge in [0.2, 0.25) is 0 Å². The van der Waals surface area contributed by atoms with Crippen LogP contribution >= 0.6 is 25.3 Å². The fourth-order valence-electron chi connectivity index (χ4n) is 3.28. The minimum Gasteiger partial charge on any atom is -0.460 e. The van der Waals surface area contributed by atoms with Crippen LogP contribution in [0.1, 0.15) is 94.9 Å². The third-order valence-corrected chi connectivity index (χ3v) is 10.5. The van der Waals surface area contributed by atoms with E-state index < -0.39 is 0 Å². The van der Waals surface area contributed by atoms with Crippen molar-refractivity contribution in [3.8, 4) is 0 Å². The Hall–Kier alpha value is 0.199. The van der Waals surface area contributed by atoms with E-state index in [2.05, 4.69) is 39.1 Å². The monoisotopic (exact) mass is 822 g/mol. The molecule has 13 heteroatoms. The summed E-state index contributed by atoms with van der Waals surface area (Å²) in [6, 6.07) is 0. The van der Waals surface area contributed by atoms with Crippen LogP contribution in [0.25, 0.3) is 0 Å². The fraction of sp³-hybridized carbons (Fsp3) is 0.941. The molecular formula is C34H70O10S2Sn. The van der Waals surface area contributed by atoms with Gasteiger partial charge >= 0.3 is 81.5 Å². The summed E-state index contributed by atoms with van der Waals surface area (Å²) in [7, 11) is 0. The minimum absolute atomic E-state index is 0.0467. The molecule has 0 saturated carbocycles. The van der Waals surface area contributed by atoms with Gasteiger partial charge in [0.1, 0.15) is 12.2 Å². The molecule has 0 bridgehead atoms. The molecule has 0 N–H and O–H groups in total. The zero-order chi connectivity index (χ0) is 36.3. The SMILES string of the molecule is CCC[CH2][Sn][CH2]CCC.CCOCC(C)OCC(C)OCC(C)OC(=O)CS.CCOCC(C)OCC(C)OCC(C)OC(=O)CS. The molecule has 282 valence electrons. The van der Waals surface area contributed by atoms with Gasteiger partial charge in [-0.05, 0) is 55.4 Å². The number of unbranched alkanes of at least 4 members (excludes halogenated alkanes) is 2. The molecule has 6 atom stereocenters. The van der Waals surface area contributed by atoms with Gasteiger partial charge in [-0.1, -0.05) is 0 Å². The van der Waals surface area contributed by atoms with E-state index in [-0.39, 0.29) is 81.2 Å².